The number of carbonyl (C=O) groups is 3. The quantitative estimate of drug-likeness (QED) is 0.0262. The first-order valence-corrected chi connectivity index (χ1v) is 27.3. The van der Waals surface area contributed by atoms with Gasteiger partial charge in [0.05, 0.1) is 0 Å². The molecule has 0 amide bonds. The number of allylic oxidation sites excluding steroid dienone is 10. The molecule has 0 aliphatic heterocycles. The molecule has 6 heteroatoms. The molecule has 0 heterocycles. The van der Waals surface area contributed by atoms with E-state index in [1.807, 2.05) is 0 Å². The largest absolute Gasteiger partial charge is 0.462 e. The average Bonchev–Trinajstić information content (AvgIpc) is 3.29. The summed E-state index contributed by atoms with van der Waals surface area (Å²) in [7, 11) is 0. The van der Waals surface area contributed by atoms with E-state index < -0.39 is 6.10 Å². The van der Waals surface area contributed by atoms with Crippen molar-refractivity contribution in [3.8, 4) is 0 Å². The Balaban J connectivity index is 4.33. The van der Waals surface area contributed by atoms with Crippen LogP contribution in [-0.2, 0) is 28.6 Å². The summed E-state index contributed by atoms with van der Waals surface area (Å²) in [6, 6.07) is 0. The van der Waals surface area contributed by atoms with Crippen molar-refractivity contribution in [2.75, 3.05) is 13.2 Å². The van der Waals surface area contributed by atoms with E-state index in [0.717, 1.165) is 116 Å². The van der Waals surface area contributed by atoms with Crippen LogP contribution in [0.25, 0.3) is 0 Å². The van der Waals surface area contributed by atoms with Crippen molar-refractivity contribution in [2.24, 2.45) is 0 Å². The van der Waals surface area contributed by atoms with Gasteiger partial charge in [0.1, 0.15) is 13.2 Å². The fourth-order valence-corrected chi connectivity index (χ4v) is 7.67. The van der Waals surface area contributed by atoms with Crippen molar-refractivity contribution in [2.45, 2.75) is 277 Å². The Kier molecular flexibility index (Phi) is 50.4. The van der Waals surface area contributed by atoms with Gasteiger partial charge in [-0.1, -0.05) is 236 Å². The summed E-state index contributed by atoms with van der Waals surface area (Å²) in [5, 5.41) is 0. The maximum absolute atomic E-state index is 12.8. The molecule has 0 aliphatic rings. The molecule has 1 atom stereocenters. The van der Waals surface area contributed by atoms with Crippen molar-refractivity contribution >= 4 is 17.9 Å². The van der Waals surface area contributed by atoms with Gasteiger partial charge >= 0.3 is 17.9 Å². The van der Waals surface area contributed by atoms with E-state index in [1.165, 1.54) is 116 Å². The molecular weight excluding hydrogens is 793 g/mol. The minimum Gasteiger partial charge on any atom is -0.462 e. The molecule has 0 saturated heterocycles. The monoisotopic (exact) mass is 895 g/mol. The molecule has 0 aromatic carbocycles. The number of esters is 3. The first kappa shape index (κ1) is 61.1. The molecule has 0 bridgehead atoms. The summed E-state index contributed by atoms with van der Waals surface area (Å²) in [5.41, 5.74) is 0. The van der Waals surface area contributed by atoms with E-state index in [1.54, 1.807) is 0 Å². The maximum Gasteiger partial charge on any atom is 0.306 e. The van der Waals surface area contributed by atoms with Gasteiger partial charge in [0.2, 0.25) is 0 Å². The van der Waals surface area contributed by atoms with Gasteiger partial charge in [-0.3, -0.25) is 14.4 Å². The van der Waals surface area contributed by atoms with E-state index in [9.17, 15) is 14.4 Å². The van der Waals surface area contributed by atoms with Gasteiger partial charge in [-0.25, -0.2) is 0 Å². The van der Waals surface area contributed by atoms with Crippen LogP contribution >= 0.6 is 0 Å². The van der Waals surface area contributed by atoms with Gasteiger partial charge < -0.3 is 14.2 Å². The van der Waals surface area contributed by atoms with Crippen LogP contribution in [0.1, 0.15) is 271 Å². The Morgan fingerprint density at radius 2 is 0.641 bits per heavy atom. The molecule has 0 radical (unpaired) electrons. The van der Waals surface area contributed by atoms with Crippen molar-refractivity contribution in [1.29, 1.82) is 0 Å². The Morgan fingerprint density at radius 1 is 0.328 bits per heavy atom. The Hall–Kier alpha value is -2.89. The van der Waals surface area contributed by atoms with Crippen LogP contribution in [0.2, 0.25) is 0 Å². The number of unbranched alkanes of at least 4 members (excludes halogenated alkanes) is 28. The lowest BCUT2D eigenvalue weighted by molar-refractivity contribution is -0.167. The lowest BCUT2D eigenvalue weighted by Gasteiger charge is -2.18. The van der Waals surface area contributed by atoms with Crippen LogP contribution in [0, 0.1) is 0 Å². The van der Waals surface area contributed by atoms with Crippen LogP contribution in [0.4, 0.5) is 0 Å². The van der Waals surface area contributed by atoms with Crippen molar-refractivity contribution in [1.82, 2.24) is 0 Å². The predicted molar refractivity (Wildman–Crippen MR) is 275 cm³/mol. The molecule has 1 unspecified atom stereocenters. The number of ether oxygens (including phenoxy) is 3. The summed E-state index contributed by atoms with van der Waals surface area (Å²) in [4.78, 5) is 38.0. The highest BCUT2D eigenvalue weighted by Gasteiger charge is 2.19. The average molecular weight is 895 g/mol. The number of hydrogen-bond donors (Lipinski definition) is 0. The van der Waals surface area contributed by atoms with Crippen LogP contribution in [0.3, 0.4) is 0 Å². The molecule has 6 nitrogen and oxygen atoms in total. The highest BCUT2D eigenvalue weighted by molar-refractivity contribution is 5.71. The van der Waals surface area contributed by atoms with Gasteiger partial charge in [-0.05, 0) is 77.0 Å². The second kappa shape index (κ2) is 52.7. The smallest absolute Gasteiger partial charge is 0.306 e. The van der Waals surface area contributed by atoms with Gasteiger partial charge in [-0.2, -0.15) is 0 Å². The van der Waals surface area contributed by atoms with E-state index in [4.69, 9.17) is 14.2 Å². The Bertz CT molecular complexity index is 1170. The number of rotatable bonds is 49. The van der Waals surface area contributed by atoms with Crippen molar-refractivity contribution < 1.29 is 28.6 Å². The third-order valence-corrected chi connectivity index (χ3v) is 11.7. The van der Waals surface area contributed by atoms with Crippen LogP contribution in [0.15, 0.2) is 60.8 Å². The van der Waals surface area contributed by atoms with Crippen molar-refractivity contribution in [3.05, 3.63) is 60.8 Å². The maximum atomic E-state index is 12.8. The number of carbonyl (C=O) groups excluding carboxylic acids is 3. The molecule has 0 rings (SSSR count). The SMILES string of the molecule is CC/C=C\C/C=C\C/C=C\CCCCCC(=O)OC(COC(=O)CCCCCCC/C=C\C/C=C\CCC)COC(=O)CCCCCCCCCCCCCCCCCCCCCC. The molecule has 0 spiro atoms. The molecule has 0 fully saturated rings. The fraction of sp³-hybridized carbons (Fsp3) is 0.776. The van der Waals surface area contributed by atoms with Gasteiger partial charge in [-0.15, -0.1) is 0 Å². The minimum absolute atomic E-state index is 0.0886. The van der Waals surface area contributed by atoms with E-state index in [2.05, 4.69) is 81.5 Å². The van der Waals surface area contributed by atoms with E-state index in [-0.39, 0.29) is 31.1 Å². The zero-order chi connectivity index (χ0) is 46.5. The first-order chi connectivity index (χ1) is 31.5. The second-order valence-corrected chi connectivity index (χ2v) is 18.1. The third kappa shape index (κ3) is 50.1. The Morgan fingerprint density at radius 3 is 1.03 bits per heavy atom. The van der Waals surface area contributed by atoms with E-state index in [0.29, 0.717) is 19.3 Å². The van der Waals surface area contributed by atoms with Crippen LogP contribution < -0.4 is 0 Å². The van der Waals surface area contributed by atoms with Crippen LogP contribution in [0.5, 0.6) is 0 Å². The van der Waals surface area contributed by atoms with Gasteiger partial charge in [0.15, 0.2) is 6.10 Å². The zero-order valence-electron chi connectivity index (χ0n) is 42.3. The minimum atomic E-state index is -0.793. The standard InChI is InChI=1S/C58H102O6/c1-4-7-10-13-16-19-22-25-26-27-28-29-30-31-34-36-39-42-45-48-51-57(60)63-54-55(64-58(61)52-49-46-43-40-37-33-24-21-18-15-12-9-6-3)53-62-56(59)50-47-44-41-38-35-32-23-20-17-14-11-8-5-2/h9,11-12,14,18,20-21,23,33,37,55H,4-8,10,13,15-17,19,22,24-32,34-36,38-54H2,1-3H3/b12-9-,14-11-,21-18-,23-20-,37-33-. The molecule has 0 aromatic rings. The molecule has 64 heavy (non-hydrogen) atoms. The van der Waals surface area contributed by atoms with Gasteiger partial charge in [0.25, 0.3) is 0 Å². The van der Waals surface area contributed by atoms with Crippen LogP contribution in [-0.4, -0.2) is 37.2 Å². The molecule has 0 aliphatic carbocycles. The summed E-state index contributed by atoms with van der Waals surface area (Å²) in [6.07, 6.45) is 65.0. The predicted octanol–water partition coefficient (Wildman–Crippen LogP) is 18.0. The molecule has 0 N–H and O–H groups in total. The highest BCUT2D eigenvalue weighted by Crippen LogP contribution is 2.16. The second-order valence-electron chi connectivity index (χ2n) is 18.1. The highest BCUT2D eigenvalue weighted by atomic mass is 16.6. The lowest BCUT2D eigenvalue weighted by atomic mass is 10.0. The van der Waals surface area contributed by atoms with Crippen molar-refractivity contribution in [3.63, 3.8) is 0 Å². The topological polar surface area (TPSA) is 78.9 Å². The Labute approximate surface area is 396 Å². The first-order valence-electron chi connectivity index (χ1n) is 27.3. The fourth-order valence-electron chi connectivity index (χ4n) is 7.67. The normalized spacial score (nSPS) is 12.5. The number of hydrogen-bond acceptors (Lipinski definition) is 6. The van der Waals surface area contributed by atoms with Gasteiger partial charge in [0, 0.05) is 19.3 Å². The molecular formula is C58H102O6. The lowest BCUT2D eigenvalue weighted by Crippen LogP contribution is -2.30. The summed E-state index contributed by atoms with van der Waals surface area (Å²) in [5.74, 6) is -0.926. The zero-order valence-corrected chi connectivity index (χ0v) is 42.3. The molecule has 0 aromatic heterocycles. The molecule has 0 saturated carbocycles. The van der Waals surface area contributed by atoms with E-state index >= 15 is 0 Å². The molecule has 370 valence electrons. The third-order valence-electron chi connectivity index (χ3n) is 11.7. The summed E-state index contributed by atoms with van der Waals surface area (Å²) >= 11 is 0. The summed E-state index contributed by atoms with van der Waals surface area (Å²) in [6.45, 7) is 6.44. The summed E-state index contributed by atoms with van der Waals surface area (Å²) < 4.78 is 16.8.